The molecule has 0 spiro atoms. The van der Waals surface area contributed by atoms with Crippen molar-refractivity contribution in [1.29, 1.82) is 0 Å². The Bertz CT molecular complexity index is 1070. The van der Waals surface area contributed by atoms with Crippen LogP contribution in [0.3, 0.4) is 0 Å². The minimum Gasteiger partial charge on any atom is -0.497 e. The lowest BCUT2D eigenvalue weighted by atomic mass is 9.98. The lowest BCUT2D eigenvalue weighted by Gasteiger charge is -2.20. The van der Waals surface area contributed by atoms with Gasteiger partial charge < -0.3 is 4.74 Å². The molecule has 5 heteroatoms. The van der Waals surface area contributed by atoms with Crippen LogP contribution in [0.15, 0.2) is 90.0 Å². The van der Waals surface area contributed by atoms with E-state index in [0.29, 0.717) is 6.42 Å². The predicted octanol–water partition coefficient (Wildman–Crippen LogP) is 5.23. The Kier molecular flexibility index (Phi) is 5.70. The van der Waals surface area contributed by atoms with Gasteiger partial charge in [0.25, 0.3) is 5.91 Å². The van der Waals surface area contributed by atoms with Gasteiger partial charge in [-0.2, -0.15) is 5.10 Å². The molecule has 0 bridgehead atoms. The fraction of sp³-hybridized carbons (Fsp3) is 0.120. The van der Waals surface area contributed by atoms with Crippen molar-refractivity contribution in [2.75, 3.05) is 7.11 Å². The largest absolute Gasteiger partial charge is 0.497 e. The Hall–Kier alpha value is -3.73. The van der Waals surface area contributed by atoms with E-state index in [2.05, 4.69) is 5.10 Å². The lowest BCUT2D eigenvalue weighted by Crippen LogP contribution is -2.25. The van der Waals surface area contributed by atoms with Crippen LogP contribution in [0.1, 0.15) is 29.2 Å². The molecule has 0 aliphatic carbocycles. The molecule has 4 rings (SSSR count). The van der Waals surface area contributed by atoms with Crippen LogP contribution in [-0.2, 0) is 4.79 Å². The molecule has 1 amide bonds. The maximum Gasteiger partial charge on any atom is 0.267 e. The first kappa shape index (κ1) is 19.6. The van der Waals surface area contributed by atoms with Crippen LogP contribution >= 0.6 is 0 Å². The molecule has 0 N–H and O–H groups in total. The molecule has 0 saturated carbocycles. The molecule has 150 valence electrons. The van der Waals surface area contributed by atoms with Gasteiger partial charge in [0.2, 0.25) is 0 Å². The molecule has 0 aromatic heterocycles. The first-order valence-corrected chi connectivity index (χ1v) is 9.68. The number of halogens is 1. The second kappa shape index (κ2) is 8.74. The van der Waals surface area contributed by atoms with Crippen LogP contribution < -0.4 is 4.74 Å². The SMILES string of the molecule is COc1ccc(C2=NN(C(=O)/C=C/c3ccccc3)[C@H](c3ccc(F)cc3)C2)cc1. The van der Waals surface area contributed by atoms with Crippen molar-refractivity contribution < 1.29 is 13.9 Å². The van der Waals surface area contributed by atoms with E-state index in [4.69, 9.17) is 4.74 Å². The van der Waals surface area contributed by atoms with Crippen molar-refractivity contribution in [3.63, 3.8) is 0 Å². The Morgan fingerprint density at radius 2 is 1.73 bits per heavy atom. The molecule has 0 saturated heterocycles. The van der Waals surface area contributed by atoms with Crippen LogP contribution in [0.2, 0.25) is 0 Å². The third kappa shape index (κ3) is 4.30. The molecule has 1 heterocycles. The molecule has 1 aliphatic rings. The molecule has 3 aromatic rings. The Morgan fingerprint density at radius 3 is 2.40 bits per heavy atom. The van der Waals surface area contributed by atoms with Gasteiger partial charge in [-0.25, -0.2) is 9.40 Å². The van der Waals surface area contributed by atoms with Gasteiger partial charge in [-0.1, -0.05) is 42.5 Å². The zero-order valence-corrected chi connectivity index (χ0v) is 16.5. The standard InChI is InChI=1S/C25H21FN2O2/c1-30-22-14-10-19(11-15-22)23-17-24(20-8-12-21(26)13-9-20)28(27-23)25(29)16-7-18-5-3-2-4-6-18/h2-16,24H,17H2,1H3/b16-7+/t24-/m0/s1. The van der Waals surface area contributed by atoms with E-state index in [1.54, 1.807) is 25.3 Å². The molecular formula is C25H21FN2O2. The van der Waals surface area contributed by atoms with E-state index < -0.39 is 0 Å². The summed E-state index contributed by atoms with van der Waals surface area (Å²) in [5.74, 6) is 0.220. The van der Waals surface area contributed by atoms with Crippen molar-refractivity contribution in [2.45, 2.75) is 12.5 Å². The second-order valence-corrected chi connectivity index (χ2v) is 6.97. The van der Waals surface area contributed by atoms with Gasteiger partial charge in [0.1, 0.15) is 11.6 Å². The summed E-state index contributed by atoms with van der Waals surface area (Å²) >= 11 is 0. The van der Waals surface area contributed by atoms with E-state index in [1.807, 2.05) is 54.6 Å². The van der Waals surface area contributed by atoms with Gasteiger partial charge in [0.05, 0.1) is 18.9 Å². The van der Waals surface area contributed by atoms with Gasteiger partial charge in [0, 0.05) is 12.5 Å². The number of benzene rings is 3. The van der Waals surface area contributed by atoms with Gasteiger partial charge in [-0.15, -0.1) is 0 Å². The van der Waals surface area contributed by atoms with Crippen molar-refractivity contribution in [3.05, 3.63) is 107 Å². The van der Waals surface area contributed by atoms with E-state index in [1.165, 1.54) is 23.2 Å². The summed E-state index contributed by atoms with van der Waals surface area (Å²) < 4.78 is 18.6. The Morgan fingerprint density at radius 1 is 1.03 bits per heavy atom. The van der Waals surface area contributed by atoms with Gasteiger partial charge in [-0.05, 0) is 59.2 Å². The minimum absolute atomic E-state index is 0.225. The third-order valence-corrected chi connectivity index (χ3v) is 5.03. The van der Waals surface area contributed by atoms with Crippen LogP contribution in [0.5, 0.6) is 5.75 Å². The minimum atomic E-state index is -0.310. The Labute approximate surface area is 174 Å². The maximum atomic E-state index is 13.4. The molecule has 0 fully saturated rings. The van der Waals surface area contributed by atoms with Gasteiger partial charge in [0.15, 0.2) is 0 Å². The summed E-state index contributed by atoms with van der Waals surface area (Å²) in [5, 5.41) is 6.10. The number of carbonyl (C=O) groups excluding carboxylic acids is 1. The Balaban J connectivity index is 1.64. The van der Waals surface area contributed by atoms with Crippen molar-refractivity contribution in [1.82, 2.24) is 5.01 Å². The smallest absolute Gasteiger partial charge is 0.267 e. The molecule has 3 aromatic carbocycles. The second-order valence-electron chi connectivity index (χ2n) is 6.97. The van der Waals surface area contributed by atoms with Crippen molar-refractivity contribution in [3.8, 4) is 5.75 Å². The number of hydrazone groups is 1. The summed E-state index contributed by atoms with van der Waals surface area (Å²) in [5.41, 5.74) is 3.49. The molecule has 0 unspecified atom stereocenters. The maximum absolute atomic E-state index is 13.4. The number of nitrogens with zero attached hydrogens (tertiary/aromatic N) is 2. The van der Waals surface area contributed by atoms with Crippen LogP contribution in [0.4, 0.5) is 4.39 Å². The topological polar surface area (TPSA) is 41.9 Å². The zero-order chi connectivity index (χ0) is 20.9. The van der Waals surface area contributed by atoms with Crippen LogP contribution in [0, 0.1) is 5.82 Å². The van der Waals surface area contributed by atoms with Crippen molar-refractivity contribution >= 4 is 17.7 Å². The fourth-order valence-electron chi connectivity index (χ4n) is 3.42. The highest BCUT2D eigenvalue weighted by molar-refractivity contribution is 6.04. The average molecular weight is 400 g/mol. The number of hydrogen-bond acceptors (Lipinski definition) is 3. The molecular weight excluding hydrogens is 379 g/mol. The molecule has 30 heavy (non-hydrogen) atoms. The monoisotopic (exact) mass is 400 g/mol. The van der Waals surface area contributed by atoms with E-state index in [-0.39, 0.29) is 17.8 Å². The summed E-state index contributed by atoms with van der Waals surface area (Å²) in [7, 11) is 1.62. The number of ether oxygens (including phenoxy) is 1. The highest BCUT2D eigenvalue weighted by Gasteiger charge is 2.32. The van der Waals surface area contributed by atoms with E-state index >= 15 is 0 Å². The van der Waals surface area contributed by atoms with Crippen LogP contribution in [0.25, 0.3) is 6.08 Å². The highest BCUT2D eigenvalue weighted by Crippen LogP contribution is 2.33. The summed E-state index contributed by atoms with van der Waals surface area (Å²) in [6.45, 7) is 0. The zero-order valence-electron chi connectivity index (χ0n) is 16.5. The first-order chi connectivity index (χ1) is 14.6. The quantitative estimate of drug-likeness (QED) is 0.551. The molecule has 0 radical (unpaired) electrons. The number of methoxy groups -OCH3 is 1. The average Bonchev–Trinajstić information content (AvgIpc) is 3.24. The highest BCUT2D eigenvalue weighted by atomic mass is 19.1. The number of amides is 1. The normalized spacial score (nSPS) is 16.0. The molecule has 1 atom stereocenters. The number of rotatable bonds is 5. The van der Waals surface area contributed by atoms with Gasteiger partial charge >= 0.3 is 0 Å². The number of hydrogen-bond donors (Lipinski definition) is 0. The van der Waals surface area contributed by atoms with E-state index in [0.717, 1.165) is 28.2 Å². The van der Waals surface area contributed by atoms with E-state index in [9.17, 15) is 9.18 Å². The predicted molar refractivity (Wildman–Crippen MR) is 116 cm³/mol. The lowest BCUT2D eigenvalue weighted by molar-refractivity contribution is -0.127. The molecule has 1 aliphatic heterocycles. The van der Waals surface area contributed by atoms with Crippen LogP contribution in [-0.4, -0.2) is 23.7 Å². The fourth-order valence-corrected chi connectivity index (χ4v) is 3.42. The number of carbonyl (C=O) groups is 1. The summed E-state index contributed by atoms with van der Waals surface area (Å²) in [4.78, 5) is 13.0. The van der Waals surface area contributed by atoms with Crippen molar-refractivity contribution in [2.24, 2.45) is 5.10 Å². The summed E-state index contributed by atoms with van der Waals surface area (Å²) in [6.07, 6.45) is 3.83. The molecule has 4 nitrogen and oxygen atoms in total. The first-order valence-electron chi connectivity index (χ1n) is 9.68. The van der Waals surface area contributed by atoms with Gasteiger partial charge in [-0.3, -0.25) is 4.79 Å². The summed E-state index contributed by atoms with van der Waals surface area (Å²) in [6, 6.07) is 23.1. The third-order valence-electron chi connectivity index (χ3n) is 5.03.